The lowest BCUT2D eigenvalue weighted by Gasteiger charge is -2.38. The van der Waals surface area contributed by atoms with Crippen LogP contribution in [0.25, 0.3) is 0 Å². The van der Waals surface area contributed by atoms with Gasteiger partial charge in [0.05, 0.1) is 0 Å². The number of hydrogen-bond donors (Lipinski definition) is 4. The van der Waals surface area contributed by atoms with Gasteiger partial charge in [0.2, 0.25) is 0 Å². The first-order valence-corrected chi connectivity index (χ1v) is 14.5. The minimum atomic E-state index is -0.280. The van der Waals surface area contributed by atoms with E-state index in [-0.39, 0.29) is 29.2 Å². The van der Waals surface area contributed by atoms with Crippen molar-refractivity contribution >= 4 is 23.6 Å². The molecule has 2 amide bonds. The molecule has 0 aliphatic heterocycles. The average Bonchev–Trinajstić information content (AvgIpc) is 2.87. The van der Waals surface area contributed by atoms with Gasteiger partial charge in [-0.1, -0.05) is 54.5 Å². The van der Waals surface area contributed by atoms with Crippen LogP contribution < -0.4 is 16.0 Å². The molecule has 39 heavy (non-hydrogen) atoms. The molecule has 2 aromatic carbocycles. The summed E-state index contributed by atoms with van der Waals surface area (Å²) in [4.78, 5) is 12.9. The van der Waals surface area contributed by atoms with Gasteiger partial charge in [0.15, 0.2) is 0 Å². The predicted octanol–water partition coefficient (Wildman–Crippen LogP) is 8.63. The lowest BCUT2D eigenvalue weighted by Crippen LogP contribution is -2.47. The van der Waals surface area contributed by atoms with Crippen LogP contribution in [0.15, 0.2) is 42.5 Å². The first-order chi connectivity index (χ1) is 18.3. The quantitative estimate of drug-likeness (QED) is 0.229. The number of carbonyl (C=O) groups excluding carboxylic acids is 1. The monoisotopic (exact) mass is 536 g/mol. The topological polar surface area (TPSA) is 77.0 Å². The van der Waals surface area contributed by atoms with Crippen LogP contribution in [0.4, 0.5) is 20.6 Å². The fourth-order valence-corrected chi connectivity index (χ4v) is 5.87. The van der Waals surface area contributed by atoms with E-state index >= 15 is 0 Å². The van der Waals surface area contributed by atoms with Gasteiger partial charge in [-0.25, -0.2) is 9.18 Å². The van der Waals surface area contributed by atoms with Crippen LogP contribution in [-0.2, 0) is 0 Å². The number of anilines is 2. The third kappa shape index (κ3) is 8.81. The number of nitrogens with one attached hydrogen (secondary N) is 4. The van der Waals surface area contributed by atoms with E-state index in [1.807, 2.05) is 6.07 Å². The maximum absolute atomic E-state index is 13.3. The van der Waals surface area contributed by atoms with Crippen molar-refractivity contribution in [3.05, 3.63) is 59.4 Å². The first kappa shape index (κ1) is 30.6. The van der Waals surface area contributed by atoms with Crippen molar-refractivity contribution in [2.24, 2.45) is 22.7 Å². The molecule has 0 heterocycles. The van der Waals surface area contributed by atoms with Gasteiger partial charge in [-0.15, -0.1) is 0 Å². The van der Waals surface area contributed by atoms with E-state index in [0.29, 0.717) is 17.9 Å². The Morgan fingerprint density at radius 2 is 1.67 bits per heavy atom. The van der Waals surface area contributed by atoms with Crippen LogP contribution in [0.1, 0.15) is 97.6 Å². The van der Waals surface area contributed by atoms with Crippen molar-refractivity contribution in [1.82, 2.24) is 10.6 Å². The Labute approximate surface area is 235 Å². The highest BCUT2D eigenvalue weighted by atomic mass is 19.1. The van der Waals surface area contributed by atoms with E-state index in [2.05, 4.69) is 76.5 Å². The summed E-state index contributed by atoms with van der Waals surface area (Å²) in [6.07, 6.45) is 6.73. The van der Waals surface area contributed by atoms with Crippen LogP contribution in [0.2, 0.25) is 0 Å². The molecule has 1 atom stereocenters. The van der Waals surface area contributed by atoms with Crippen molar-refractivity contribution in [3.8, 4) is 0 Å². The normalized spacial score (nSPS) is 18.9. The van der Waals surface area contributed by atoms with Crippen molar-refractivity contribution in [2.45, 2.75) is 92.5 Å². The van der Waals surface area contributed by atoms with E-state index in [1.54, 1.807) is 12.1 Å². The number of benzene rings is 2. The number of urea groups is 1. The summed E-state index contributed by atoms with van der Waals surface area (Å²) in [7, 11) is 0. The maximum atomic E-state index is 13.3. The number of amides is 2. The van der Waals surface area contributed by atoms with Crippen molar-refractivity contribution in [2.75, 3.05) is 11.9 Å². The summed E-state index contributed by atoms with van der Waals surface area (Å²) in [6, 6.07) is 12.6. The molecule has 1 fully saturated rings. The molecule has 1 saturated carbocycles. The summed E-state index contributed by atoms with van der Waals surface area (Å²) in [5.41, 5.74) is 3.64. The van der Waals surface area contributed by atoms with Gasteiger partial charge in [0.25, 0.3) is 0 Å². The van der Waals surface area contributed by atoms with Gasteiger partial charge in [-0.2, -0.15) is 0 Å². The second-order valence-electron chi connectivity index (χ2n) is 13.5. The summed E-state index contributed by atoms with van der Waals surface area (Å²) in [6.45, 7) is 16.4. The van der Waals surface area contributed by atoms with Crippen LogP contribution in [-0.4, -0.2) is 24.8 Å². The Kier molecular flexibility index (Phi) is 10.2. The number of hydrogen-bond acceptors (Lipinski definition) is 3. The molecule has 0 spiro atoms. The van der Waals surface area contributed by atoms with Crippen LogP contribution in [0, 0.1) is 33.9 Å². The van der Waals surface area contributed by atoms with E-state index in [1.165, 1.54) is 18.3 Å². The molecular weight excluding hydrogens is 487 g/mol. The van der Waals surface area contributed by atoms with Crippen LogP contribution >= 0.6 is 0 Å². The van der Waals surface area contributed by atoms with Gasteiger partial charge in [-0.3, -0.25) is 0 Å². The molecule has 0 aromatic heterocycles. The largest absolute Gasteiger partial charge is 0.355 e. The highest BCUT2D eigenvalue weighted by Crippen LogP contribution is 2.41. The average molecular weight is 537 g/mol. The molecule has 214 valence electrons. The summed E-state index contributed by atoms with van der Waals surface area (Å²) in [5, 5.41) is 17.7. The van der Waals surface area contributed by atoms with E-state index in [0.717, 1.165) is 60.5 Å². The molecule has 4 N–H and O–H groups in total. The van der Waals surface area contributed by atoms with Crippen LogP contribution in [0.5, 0.6) is 0 Å². The SMILES string of the molecule is CC(C)CC(c1ccc(Nc2ccc(F)cc2)c(C=N)c1)C(C)(C)CNC(=O)NC1CCC(C(C)(C)C)CC1. The van der Waals surface area contributed by atoms with Crippen molar-refractivity contribution in [3.63, 3.8) is 0 Å². The smallest absolute Gasteiger partial charge is 0.315 e. The van der Waals surface area contributed by atoms with Gasteiger partial charge in [0, 0.05) is 35.7 Å². The second-order valence-corrected chi connectivity index (χ2v) is 13.5. The van der Waals surface area contributed by atoms with Crippen LogP contribution in [0.3, 0.4) is 0 Å². The van der Waals surface area contributed by atoms with Gasteiger partial charge >= 0.3 is 6.03 Å². The molecule has 3 rings (SSSR count). The second kappa shape index (κ2) is 13.0. The van der Waals surface area contributed by atoms with Gasteiger partial charge in [0.1, 0.15) is 5.82 Å². The molecule has 0 radical (unpaired) electrons. The zero-order valence-corrected chi connectivity index (χ0v) is 25.0. The molecular formula is C33H49FN4O. The highest BCUT2D eigenvalue weighted by Gasteiger charge is 2.33. The fourth-order valence-electron chi connectivity index (χ4n) is 5.87. The molecule has 5 nitrogen and oxygen atoms in total. The van der Waals surface area contributed by atoms with Gasteiger partial charge in [-0.05, 0) is 103 Å². The zero-order valence-electron chi connectivity index (χ0n) is 25.0. The van der Waals surface area contributed by atoms with E-state index < -0.39 is 0 Å². The number of rotatable bonds is 10. The van der Waals surface area contributed by atoms with E-state index in [4.69, 9.17) is 5.41 Å². The Bertz CT molecular complexity index is 1100. The molecule has 1 unspecified atom stereocenters. The van der Waals surface area contributed by atoms with Gasteiger partial charge < -0.3 is 21.4 Å². The predicted molar refractivity (Wildman–Crippen MR) is 162 cm³/mol. The molecule has 0 bridgehead atoms. The van der Waals surface area contributed by atoms with Crippen molar-refractivity contribution < 1.29 is 9.18 Å². The summed E-state index contributed by atoms with van der Waals surface area (Å²) < 4.78 is 13.3. The number of halogens is 1. The molecule has 1 aliphatic carbocycles. The van der Waals surface area contributed by atoms with Crippen molar-refractivity contribution in [1.29, 1.82) is 5.41 Å². The third-order valence-electron chi connectivity index (χ3n) is 8.40. The lowest BCUT2D eigenvalue weighted by atomic mass is 9.71. The minimum Gasteiger partial charge on any atom is -0.355 e. The Morgan fingerprint density at radius 3 is 2.23 bits per heavy atom. The maximum Gasteiger partial charge on any atom is 0.315 e. The first-order valence-electron chi connectivity index (χ1n) is 14.5. The molecule has 2 aromatic rings. The number of carbonyl (C=O) groups is 1. The fraction of sp³-hybridized carbons (Fsp3) is 0.576. The molecule has 1 aliphatic rings. The summed E-state index contributed by atoms with van der Waals surface area (Å²) >= 11 is 0. The minimum absolute atomic E-state index is 0.0791. The van der Waals surface area contributed by atoms with E-state index in [9.17, 15) is 9.18 Å². The Morgan fingerprint density at radius 1 is 1.03 bits per heavy atom. The lowest BCUT2D eigenvalue weighted by molar-refractivity contribution is 0.159. The Hall–Kier alpha value is -2.89. The standard InChI is InChI=1S/C33H49FN4O/c1-22(2)18-29(23-8-17-30(24(19-23)20-35)37-27-15-11-26(34)12-16-27)33(6,7)21-36-31(39)38-28-13-9-25(10-14-28)32(3,4)5/h8,11-12,15-17,19-20,22,25,28-29,35,37H,9-10,13-14,18,21H2,1-7H3,(H2,36,38,39). The third-order valence-corrected chi connectivity index (χ3v) is 8.40. The zero-order chi connectivity index (χ0) is 28.8. The molecule has 6 heteroatoms. The Balaban J connectivity index is 1.67. The summed E-state index contributed by atoms with van der Waals surface area (Å²) in [5.74, 6) is 1.11. The highest BCUT2D eigenvalue weighted by molar-refractivity contribution is 5.87. The molecule has 0 saturated heterocycles.